The molecule has 1 amide bonds. The van der Waals surface area contributed by atoms with E-state index in [1.165, 1.54) is 0 Å². The summed E-state index contributed by atoms with van der Waals surface area (Å²) < 4.78 is 38.6. The lowest BCUT2D eigenvalue weighted by molar-refractivity contribution is -0.189. The smallest absolute Gasteiger partial charge is 0.351 e. The standard InChI is InChI=1S/C13H23F3N2O/c1-8(2)7-10(17)12(19)18-11-6-4-3-5-9(11)13(14,15)16/h8-11H,3-7,17H2,1-2H3,(H,18,19)/t9?,10-,11?/m0/s1. The van der Waals surface area contributed by atoms with Gasteiger partial charge in [0.05, 0.1) is 12.0 Å². The third-order valence-corrected chi connectivity index (χ3v) is 3.58. The first-order chi connectivity index (χ1) is 8.71. The lowest BCUT2D eigenvalue weighted by Gasteiger charge is -2.34. The van der Waals surface area contributed by atoms with Crippen LogP contribution in [-0.4, -0.2) is 24.2 Å². The van der Waals surface area contributed by atoms with Crippen LogP contribution in [0, 0.1) is 11.8 Å². The van der Waals surface area contributed by atoms with Gasteiger partial charge in [0.25, 0.3) is 0 Å². The molecule has 0 saturated heterocycles. The Hall–Kier alpha value is -0.780. The number of rotatable bonds is 4. The van der Waals surface area contributed by atoms with Crippen molar-refractivity contribution in [1.29, 1.82) is 0 Å². The molecule has 1 aliphatic rings. The lowest BCUT2D eigenvalue weighted by atomic mass is 9.83. The van der Waals surface area contributed by atoms with Gasteiger partial charge < -0.3 is 11.1 Å². The highest BCUT2D eigenvalue weighted by molar-refractivity contribution is 5.81. The maximum atomic E-state index is 12.9. The van der Waals surface area contributed by atoms with E-state index < -0.39 is 30.1 Å². The molecule has 0 aromatic carbocycles. The molecule has 112 valence electrons. The molecule has 0 aromatic rings. The second kappa shape index (κ2) is 6.59. The Morgan fingerprint density at radius 1 is 1.32 bits per heavy atom. The van der Waals surface area contributed by atoms with Gasteiger partial charge in [0.1, 0.15) is 0 Å². The maximum Gasteiger partial charge on any atom is 0.393 e. The molecular weight excluding hydrogens is 257 g/mol. The van der Waals surface area contributed by atoms with Crippen LogP contribution in [-0.2, 0) is 4.79 Å². The molecule has 0 radical (unpaired) electrons. The van der Waals surface area contributed by atoms with E-state index in [1.807, 2.05) is 13.8 Å². The van der Waals surface area contributed by atoms with Gasteiger partial charge in [-0.2, -0.15) is 13.2 Å². The third kappa shape index (κ3) is 5.01. The van der Waals surface area contributed by atoms with Crippen LogP contribution in [0.25, 0.3) is 0 Å². The molecule has 1 rings (SSSR count). The molecule has 3 atom stereocenters. The molecule has 1 saturated carbocycles. The lowest BCUT2D eigenvalue weighted by Crippen LogP contribution is -2.52. The van der Waals surface area contributed by atoms with Crippen LogP contribution in [0.1, 0.15) is 46.0 Å². The zero-order valence-electron chi connectivity index (χ0n) is 11.5. The first-order valence-corrected chi connectivity index (χ1v) is 6.84. The van der Waals surface area contributed by atoms with Crippen molar-refractivity contribution in [2.45, 2.75) is 64.2 Å². The molecule has 3 nitrogen and oxygen atoms in total. The summed E-state index contributed by atoms with van der Waals surface area (Å²) >= 11 is 0. The van der Waals surface area contributed by atoms with Crippen LogP contribution >= 0.6 is 0 Å². The van der Waals surface area contributed by atoms with Gasteiger partial charge in [0.15, 0.2) is 0 Å². The molecule has 0 heterocycles. The molecule has 19 heavy (non-hydrogen) atoms. The monoisotopic (exact) mass is 280 g/mol. The third-order valence-electron chi connectivity index (χ3n) is 3.58. The number of hydrogen-bond acceptors (Lipinski definition) is 2. The summed E-state index contributed by atoms with van der Waals surface area (Å²) in [4.78, 5) is 11.8. The van der Waals surface area contributed by atoms with Crippen molar-refractivity contribution in [3.05, 3.63) is 0 Å². The Bertz CT molecular complexity index is 305. The van der Waals surface area contributed by atoms with Crippen molar-refractivity contribution in [1.82, 2.24) is 5.32 Å². The van der Waals surface area contributed by atoms with Gasteiger partial charge in [-0.15, -0.1) is 0 Å². The maximum absolute atomic E-state index is 12.9. The topological polar surface area (TPSA) is 55.1 Å². The number of nitrogens with one attached hydrogen (secondary N) is 1. The summed E-state index contributed by atoms with van der Waals surface area (Å²) in [6, 6.07) is -1.55. The Balaban J connectivity index is 2.60. The predicted molar refractivity (Wildman–Crippen MR) is 67.4 cm³/mol. The van der Waals surface area contributed by atoms with Crippen molar-refractivity contribution >= 4 is 5.91 Å². The van der Waals surface area contributed by atoms with Crippen LogP contribution in [0.4, 0.5) is 13.2 Å². The largest absolute Gasteiger partial charge is 0.393 e. The highest BCUT2D eigenvalue weighted by Gasteiger charge is 2.46. The normalized spacial score (nSPS) is 26.3. The molecule has 3 N–H and O–H groups in total. The fourth-order valence-electron chi connectivity index (χ4n) is 2.60. The summed E-state index contributed by atoms with van der Waals surface area (Å²) in [6.07, 6.45) is -2.01. The van der Waals surface area contributed by atoms with Gasteiger partial charge in [0.2, 0.25) is 5.91 Å². The molecule has 1 aliphatic carbocycles. The first kappa shape index (κ1) is 16.3. The van der Waals surface area contributed by atoms with Crippen molar-refractivity contribution in [2.24, 2.45) is 17.6 Å². The summed E-state index contributed by atoms with van der Waals surface area (Å²) in [5, 5.41) is 2.50. The molecule has 2 unspecified atom stereocenters. The van der Waals surface area contributed by atoms with E-state index in [9.17, 15) is 18.0 Å². The molecule has 0 aromatic heterocycles. The minimum atomic E-state index is -4.25. The SMILES string of the molecule is CC(C)C[C@H](N)C(=O)NC1CCCCC1C(F)(F)F. The van der Waals surface area contributed by atoms with Gasteiger partial charge >= 0.3 is 6.18 Å². The zero-order chi connectivity index (χ0) is 14.6. The van der Waals surface area contributed by atoms with Crippen molar-refractivity contribution in [3.63, 3.8) is 0 Å². The second-order valence-corrected chi connectivity index (χ2v) is 5.78. The number of alkyl halides is 3. The molecule has 0 spiro atoms. The molecule has 6 heteroatoms. The van der Waals surface area contributed by atoms with E-state index in [0.29, 0.717) is 19.3 Å². The average molecular weight is 280 g/mol. The van der Waals surface area contributed by atoms with Gasteiger partial charge in [-0.05, 0) is 25.2 Å². The molecule has 1 fully saturated rings. The van der Waals surface area contributed by atoms with Crippen LogP contribution in [0.5, 0.6) is 0 Å². The summed E-state index contributed by atoms with van der Waals surface area (Å²) in [7, 11) is 0. The molecule has 0 bridgehead atoms. The van der Waals surface area contributed by atoms with E-state index in [1.54, 1.807) is 0 Å². The Morgan fingerprint density at radius 3 is 2.42 bits per heavy atom. The van der Waals surface area contributed by atoms with Gasteiger partial charge in [-0.25, -0.2) is 0 Å². The minimum Gasteiger partial charge on any atom is -0.351 e. The van der Waals surface area contributed by atoms with E-state index in [2.05, 4.69) is 5.32 Å². The fraction of sp³-hybridized carbons (Fsp3) is 0.923. The highest BCUT2D eigenvalue weighted by atomic mass is 19.4. The van der Waals surface area contributed by atoms with E-state index in [4.69, 9.17) is 5.73 Å². The van der Waals surface area contributed by atoms with E-state index in [-0.39, 0.29) is 12.3 Å². The number of halogens is 3. The fourth-order valence-corrected chi connectivity index (χ4v) is 2.60. The Kier molecular flexibility index (Phi) is 5.64. The predicted octanol–water partition coefficient (Wildman–Crippen LogP) is 2.60. The number of amides is 1. The quantitative estimate of drug-likeness (QED) is 0.831. The van der Waals surface area contributed by atoms with Crippen LogP contribution in [0.2, 0.25) is 0 Å². The van der Waals surface area contributed by atoms with Crippen LogP contribution in [0.15, 0.2) is 0 Å². The number of hydrogen-bond donors (Lipinski definition) is 2. The van der Waals surface area contributed by atoms with E-state index >= 15 is 0 Å². The number of carbonyl (C=O) groups excluding carboxylic acids is 1. The first-order valence-electron chi connectivity index (χ1n) is 6.84. The zero-order valence-corrected chi connectivity index (χ0v) is 11.5. The number of nitrogens with two attached hydrogens (primary N) is 1. The van der Waals surface area contributed by atoms with E-state index in [0.717, 1.165) is 6.42 Å². The van der Waals surface area contributed by atoms with Crippen molar-refractivity contribution in [3.8, 4) is 0 Å². The highest BCUT2D eigenvalue weighted by Crippen LogP contribution is 2.37. The summed E-state index contributed by atoms with van der Waals surface area (Å²) in [6.45, 7) is 3.85. The Labute approximate surface area is 112 Å². The van der Waals surface area contributed by atoms with Crippen molar-refractivity contribution < 1.29 is 18.0 Å². The van der Waals surface area contributed by atoms with Crippen LogP contribution < -0.4 is 11.1 Å². The average Bonchev–Trinajstić information content (AvgIpc) is 2.27. The van der Waals surface area contributed by atoms with Gasteiger partial charge in [-0.1, -0.05) is 26.7 Å². The second-order valence-electron chi connectivity index (χ2n) is 5.78. The summed E-state index contributed by atoms with van der Waals surface area (Å²) in [5.74, 6) is -1.66. The van der Waals surface area contributed by atoms with Gasteiger partial charge in [-0.3, -0.25) is 4.79 Å². The molecule has 0 aliphatic heterocycles. The Morgan fingerprint density at radius 2 is 1.89 bits per heavy atom. The van der Waals surface area contributed by atoms with Crippen molar-refractivity contribution in [2.75, 3.05) is 0 Å². The van der Waals surface area contributed by atoms with Crippen LogP contribution in [0.3, 0.4) is 0 Å². The molecular formula is C13H23F3N2O. The minimum absolute atomic E-state index is 0.0911. The van der Waals surface area contributed by atoms with Gasteiger partial charge in [0, 0.05) is 6.04 Å². The number of carbonyl (C=O) groups is 1. The summed E-state index contributed by atoms with van der Waals surface area (Å²) in [5.41, 5.74) is 5.70.